The highest BCUT2D eigenvalue weighted by atomic mass is 32.1. The van der Waals surface area contributed by atoms with Crippen LogP contribution in [0, 0.1) is 270 Å². The summed E-state index contributed by atoms with van der Waals surface area (Å²) >= 11 is 3.79. The molecule has 0 saturated carbocycles. The molecule has 0 aliphatic heterocycles. The Morgan fingerprint density at radius 3 is 0.396 bits per heavy atom. The number of hydrogen-bond acceptors (Lipinski definition) is 13. The summed E-state index contributed by atoms with van der Waals surface area (Å²) in [6, 6.07) is 0. The standard InChI is InChI=1S/3C10H15N.4C8H12N2.2C8H12S/c3*1-6-7(2)9(4)11-10(5)8(6)3;3*1-5-6(2)9-8(4)10-7(5)3;1-5-6(2)8(4)10-9-7(5)3;2*1-5-6(2)8(4)9-7(5)3/h3*1-5H3;4*1-4H3;2*1-4H3. The first-order valence-electron chi connectivity index (χ1n) is 31.7. The Hall–Kier alpha value is -6.83. The number of nitrogens with zero attached hydrogens (tertiary/aromatic N) is 11. The molecule has 0 radical (unpaired) electrons. The van der Waals surface area contributed by atoms with Gasteiger partial charge in [0.1, 0.15) is 17.5 Å². The largest absolute Gasteiger partial charge is 0.258 e. The minimum atomic E-state index is 0.862. The Labute approximate surface area is 561 Å². The van der Waals surface area contributed by atoms with Crippen molar-refractivity contribution in [3.8, 4) is 0 Å². The lowest BCUT2D eigenvalue weighted by Crippen LogP contribution is -1.98. The molecule has 9 rings (SSSR count). The molecule has 0 N–H and O–H groups in total. The summed E-state index contributed by atoms with van der Waals surface area (Å²) in [6.45, 7) is 81.2. The third-order valence-corrected chi connectivity index (χ3v) is 21.2. The third kappa shape index (κ3) is 24.3. The Balaban J connectivity index is 0.000000512. The van der Waals surface area contributed by atoms with Gasteiger partial charge in [-0.2, -0.15) is 10.2 Å². The van der Waals surface area contributed by atoms with E-state index in [1.165, 1.54) is 120 Å². The highest BCUT2D eigenvalue weighted by molar-refractivity contribution is 7.12. The molecule has 9 heterocycles. The predicted molar refractivity (Wildman–Crippen MR) is 394 cm³/mol. The molecule has 0 bridgehead atoms. The van der Waals surface area contributed by atoms with Gasteiger partial charge in [-0.1, -0.05) is 0 Å². The average Bonchev–Trinajstić information content (AvgIpc) is 2.01. The molecule has 9 aromatic heterocycles. The first kappa shape index (κ1) is 82.2. The van der Waals surface area contributed by atoms with Gasteiger partial charge >= 0.3 is 0 Å². The number of thiophene rings is 2. The molecule has 0 unspecified atom stereocenters. The van der Waals surface area contributed by atoms with E-state index in [-0.39, 0.29) is 0 Å². The molecule has 0 amide bonds. The van der Waals surface area contributed by atoms with Crippen molar-refractivity contribution in [1.82, 2.24) is 55.1 Å². The molecule has 0 aliphatic rings. The second kappa shape index (κ2) is 37.0. The van der Waals surface area contributed by atoms with E-state index in [4.69, 9.17) is 0 Å². The molecular weight excluding hydrogens is 1160 g/mol. The first-order valence-corrected chi connectivity index (χ1v) is 33.4. The number of aryl methyl sites for hydroxylation is 21. The van der Waals surface area contributed by atoms with Crippen molar-refractivity contribution in [2.45, 2.75) is 270 Å². The monoisotopic (exact) mass is 1270 g/mol. The fourth-order valence-electron chi connectivity index (χ4n) is 9.21. The van der Waals surface area contributed by atoms with Crippen LogP contribution in [0.25, 0.3) is 0 Å². The zero-order chi connectivity index (χ0) is 70.7. The minimum absolute atomic E-state index is 0.862. The van der Waals surface area contributed by atoms with Crippen molar-refractivity contribution in [1.29, 1.82) is 0 Å². The molecule has 496 valence electrons. The van der Waals surface area contributed by atoms with E-state index in [2.05, 4.69) is 228 Å². The SMILES string of the molecule is Cc1nc(C)c(C)c(C)c1C.Cc1nc(C)c(C)c(C)c1C.Cc1nc(C)c(C)c(C)c1C.Cc1nc(C)c(C)c(C)n1.Cc1nc(C)c(C)c(C)n1.Cc1nc(C)c(C)c(C)n1.Cc1nnc(C)c(C)c1C.Cc1sc(C)c(C)c1C.Cc1sc(C)c(C)c1C. The zero-order valence-electron chi connectivity index (χ0n) is 64.2. The summed E-state index contributed by atoms with van der Waals surface area (Å²) < 4.78 is 0. The van der Waals surface area contributed by atoms with Gasteiger partial charge in [0, 0.05) is 87.8 Å². The van der Waals surface area contributed by atoms with Crippen LogP contribution in [0.1, 0.15) is 217 Å². The van der Waals surface area contributed by atoms with Gasteiger partial charge in [-0.25, -0.2) is 29.9 Å². The zero-order valence-corrected chi connectivity index (χ0v) is 65.9. The summed E-state index contributed by atoms with van der Waals surface area (Å²) in [4.78, 5) is 44.5. The van der Waals surface area contributed by atoms with Crippen LogP contribution in [0.5, 0.6) is 0 Å². The van der Waals surface area contributed by atoms with Crippen LogP contribution in [0.3, 0.4) is 0 Å². The summed E-state index contributed by atoms with van der Waals surface area (Å²) in [5.41, 5.74) is 39.6. The number of pyridine rings is 3. The van der Waals surface area contributed by atoms with E-state index in [9.17, 15) is 0 Å². The van der Waals surface area contributed by atoms with Crippen LogP contribution >= 0.6 is 22.7 Å². The van der Waals surface area contributed by atoms with Crippen LogP contribution in [-0.2, 0) is 0 Å². The lowest BCUT2D eigenvalue weighted by molar-refractivity contribution is 0.905. The summed E-state index contributed by atoms with van der Waals surface area (Å²) in [7, 11) is 0. The summed E-state index contributed by atoms with van der Waals surface area (Å²) in [5.74, 6) is 2.59. The average molecular weight is 1270 g/mol. The Bertz CT molecular complexity index is 3380. The van der Waals surface area contributed by atoms with Crippen molar-refractivity contribution in [3.63, 3.8) is 0 Å². The minimum Gasteiger partial charge on any atom is -0.258 e. The van der Waals surface area contributed by atoms with Crippen LogP contribution in [0.4, 0.5) is 0 Å². The van der Waals surface area contributed by atoms with Crippen molar-refractivity contribution in [3.05, 3.63) is 217 Å². The molecule has 0 spiro atoms. The molecule has 11 nitrogen and oxygen atoms in total. The smallest absolute Gasteiger partial charge is 0.125 e. The Morgan fingerprint density at radius 2 is 0.264 bits per heavy atom. The molecule has 0 aromatic carbocycles. The number of hydrogen-bond donors (Lipinski definition) is 0. The molecule has 13 heteroatoms. The lowest BCUT2D eigenvalue weighted by atomic mass is 10.0. The highest BCUT2D eigenvalue weighted by Gasteiger charge is 2.09. The Morgan fingerprint density at radius 1 is 0.132 bits per heavy atom. The van der Waals surface area contributed by atoms with Crippen LogP contribution in [0.2, 0.25) is 0 Å². The number of aromatic nitrogens is 11. The van der Waals surface area contributed by atoms with E-state index in [1.807, 2.05) is 120 Å². The topological polar surface area (TPSA) is 142 Å². The summed E-state index contributed by atoms with van der Waals surface area (Å²) in [6.07, 6.45) is 0. The van der Waals surface area contributed by atoms with E-state index in [0.717, 1.165) is 97.2 Å². The van der Waals surface area contributed by atoms with Crippen LogP contribution in [0.15, 0.2) is 0 Å². The molecule has 0 saturated heterocycles. The van der Waals surface area contributed by atoms with Crippen LogP contribution < -0.4 is 0 Å². The molecule has 0 atom stereocenters. The maximum atomic E-state index is 4.43. The van der Waals surface area contributed by atoms with E-state index in [1.54, 1.807) is 0 Å². The fourth-order valence-corrected chi connectivity index (χ4v) is 11.4. The second-order valence-electron chi connectivity index (χ2n) is 24.7. The quantitative estimate of drug-likeness (QED) is 0.143. The van der Waals surface area contributed by atoms with E-state index >= 15 is 0 Å². The summed E-state index contributed by atoms with van der Waals surface area (Å²) in [5, 5.41) is 7.98. The lowest BCUT2D eigenvalue weighted by Gasteiger charge is -2.09. The highest BCUT2D eigenvalue weighted by Crippen LogP contribution is 2.26. The van der Waals surface area contributed by atoms with Crippen LogP contribution in [-0.4, -0.2) is 55.1 Å². The first-order chi connectivity index (χ1) is 41.8. The fraction of sp³-hybridized carbons (Fsp3) is 0.500. The molecule has 9 aromatic rings. The van der Waals surface area contributed by atoms with Crippen molar-refractivity contribution in [2.24, 2.45) is 0 Å². The number of rotatable bonds is 0. The van der Waals surface area contributed by atoms with Crippen molar-refractivity contribution in [2.75, 3.05) is 0 Å². The van der Waals surface area contributed by atoms with Gasteiger partial charge in [0.15, 0.2) is 0 Å². The molecule has 91 heavy (non-hydrogen) atoms. The van der Waals surface area contributed by atoms with Gasteiger partial charge in [-0.05, 0) is 370 Å². The molecule has 0 fully saturated rings. The van der Waals surface area contributed by atoms with E-state index < -0.39 is 0 Å². The van der Waals surface area contributed by atoms with Gasteiger partial charge in [-0.15, -0.1) is 22.7 Å². The second-order valence-corrected chi connectivity index (χ2v) is 27.6. The maximum absolute atomic E-state index is 4.43. The van der Waals surface area contributed by atoms with Gasteiger partial charge < -0.3 is 0 Å². The van der Waals surface area contributed by atoms with E-state index in [0.29, 0.717) is 0 Å². The normalized spacial score (nSPS) is 10.1. The molecular formula is C78H117N11S2. The van der Waals surface area contributed by atoms with Gasteiger partial charge in [0.2, 0.25) is 0 Å². The van der Waals surface area contributed by atoms with Gasteiger partial charge in [-0.3, -0.25) is 15.0 Å². The molecule has 0 aliphatic carbocycles. The predicted octanol–water partition coefficient (Wildman–Crippen LogP) is 20.7. The van der Waals surface area contributed by atoms with Gasteiger partial charge in [0.25, 0.3) is 0 Å². The third-order valence-electron chi connectivity index (χ3n) is 18.7. The van der Waals surface area contributed by atoms with Crippen molar-refractivity contribution < 1.29 is 0 Å². The van der Waals surface area contributed by atoms with Gasteiger partial charge in [0.05, 0.1) is 11.4 Å². The van der Waals surface area contributed by atoms with Crippen molar-refractivity contribution >= 4 is 22.7 Å². The Kier molecular flexibility index (Phi) is 33.4. The maximum Gasteiger partial charge on any atom is 0.125 e.